The highest BCUT2D eigenvalue weighted by Gasteiger charge is 2.23. The number of hydrogen-bond donors (Lipinski definition) is 1. The quantitative estimate of drug-likeness (QED) is 0.859. The van der Waals surface area contributed by atoms with Gasteiger partial charge in [-0.05, 0) is 50.1 Å². The summed E-state index contributed by atoms with van der Waals surface area (Å²) in [5.74, 6) is -0.713. The molecule has 1 fully saturated rings. The Morgan fingerprint density at radius 1 is 1.17 bits per heavy atom. The van der Waals surface area contributed by atoms with Gasteiger partial charge in [0.2, 0.25) is 0 Å². The first-order valence-electron chi connectivity index (χ1n) is 8.38. The molecule has 5 nitrogen and oxygen atoms in total. The van der Waals surface area contributed by atoms with Crippen molar-refractivity contribution in [1.82, 2.24) is 9.88 Å². The Balaban J connectivity index is 1.61. The third kappa shape index (κ3) is 3.85. The molecule has 1 saturated carbocycles. The highest BCUT2D eigenvalue weighted by Crippen LogP contribution is 2.18. The Hall–Kier alpha value is -2.56. The molecule has 0 spiro atoms. The molecule has 1 aliphatic rings. The summed E-state index contributed by atoms with van der Waals surface area (Å²) in [6.07, 6.45) is 7.31. The number of rotatable bonds is 5. The molecule has 0 aliphatic heterocycles. The third-order valence-electron chi connectivity index (χ3n) is 4.34. The van der Waals surface area contributed by atoms with Crippen LogP contribution in [0.1, 0.15) is 43.0 Å². The summed E-state index contributed by atoms with van der Waals surface area (Å²) in [5, 5.41) is 2.95. The van der Waals surface area contributed by atoms with Crippen LogP contribution in [0.2, 0.25) is 0 Å². The van der Waals surface area contributed by atoms with E-state index >= 15 is 0 Å². The second-order valence-electron chi connectivity index (χ2n) is 6.18. The van der Waals surface area contributed by atoms with Crippen LogP contribution in [0.15, 0.2) is 48.8 Å². The molecule has 1 aliphatic carbocycles. The summed E-state index contributed by atoms with van der Waals surface area (Å²) in [4.78, 5) is 24.4. The predicted octanol–water partition coefficient (Wildman–Crippen LogP) is 3.08. The summed E-state index contributed by atoms with van der Waals surface area (Å²) in [5.41, 5.74) is 1.30. The van der Waals surface area contributed by atoms with Crippen LogP contribution in [0.25, 0.3) is 5.69 Å². The van der Waals surface area contributed by atoms with E-state index < -0.39 is 12.1 Å². The molecule has 0 bridgehead atoms. The SMILES string of the molecule is CC(OC(=O)c1cccc(-n2cccc2)c1)C(=O)NC1CCCC1. The van der Waals surface area contributed by atoms with E-state index in [4.69, 9.17) is 4.74 Å². The van der Waals surface area contributed by atoms with Crippen LogP contribution in [-0.4, -0.2) is 28.6 Å². The molecule has 3 rings (SSSR count). The van der Waals surface area contributed by atoms with E-state index in [9.17, 15) is 9.59 Å². The van der Waals surface area contributed by atoms with Crippen molar-refractivity contribution in [1.29, 1.82) is 0 Å². The zero-order chi connectivity index (χ0) is 16.9. The number of nitrogens with zero attached hydrogens (tertiary/aromatic N) is 1. The summed E-state index contributed by atoms with van der Waals surface area (Å²) >= 11 is 0. The fraction of sp³-hybridized carbons (Fsp3) is 0.368. The van der Waals surface area contributed by atoms with Crippen molar-refractivity contribution in [2.24, 2.45) is 0 Å². The summed E-state index contributed by atoms with van der Waals surface area (Å²) in [6.45, 7) is 1.61. The lowest BCUT2D eigenvalue weighted by molar-refractivity contribution is -0.129. The molecule has 1 heterocycles. The molecule has 2 aromatic rings. The van der Waals surface area contributed by atoms with Crippen molar-refractivity contribution >= 4 is 11.9 Å². The summed E-state index contributed by atoms with van der Waals surface area (Å²) < 4.78 is 7.23. The smallest absolute Gasteiger partial charge is 0.338 e. The largest absolute Gasteiger partial charge is 0.449 e. The van der Waals surface area contributed by atoms with Crippen molar-refractivity contribution in [3.05, 3.63) is 54.4 Å². The number of amides is 1. The Bertz CT molecular complexity index is 703. The highest BCUT2D eigenvalue weighted by atomic mass is 16.5. The van der Waals surface area contributed by atoms with Crippen molar-refractivity contribution in [3.8, 4) is 5.69 Å². The van der Waals surface area contributed by atoms with Gasteiger partial charge in [0.05, 0.1) is 5.56 Å². The lowest BCUT2D eigenvalue weighted by Gasteiger charge is -2.17. The van der Waals surface area contributed by atoms with Crippen molar-refractivity contribution < 1.29 is 14.3 Å². The maximum absolute atomic E-state index is 12.3. The lowest BCUT2D eigenvalue weighted by atomic mass is 10.2. The highest BCUT2D eigenvalue weighted by molar-refractivity contribution is 5.92. The summed E-state index contributed by atoms with van der Waals surface area (Å²) in [7, 11) is 0. The van der Waals surface area contributed by atoms with Crippen LogP contribution >= 0.6 is 0 Å². The molecule has 1 atom stereocenters. The lowest BCUT2D eigenvalue weighted by Crippen LogP contribution is -2.40. The number of ether oxygens (including phenoxy) is 1. The van der Waals surface area contributed by atoms with Gasteiger partial charge in [0.25, 0.3) is 5.91 Å². The van der Waals surface area contributed by atoms with E-state index in [0.29, 0.717) is 5.56 Å². The van der Waals surface area contributed by atoms with Gasteiger partial charge in [-0.2, -0.15) is 0 Å². The number of esters is 1. The van der Waals surface area contributed by atoms with E-state index in [1.165, 1.54) is 0 Å². The Morgan fingerprint density at radius 3 is 2.58 bits per heavy atom. The molecule has 1 amide bonds. The predicted molar refractivity (Wildman–Crippen MR) is 91.0 cm³/mol. The van der Waals surface area contributed by atoms with Gasteiger partial charge in [0.1, 0.15) is 0 Å². The van der Waals surface area contributed by atoms with Crippen LogP contribution in [0, 0.1) is 0 Å². The van der Waals surface area contributed by atoms with Crippen LogP contribution in [0.3, 0.4) is 0 Å². The molecule has 0 radical (unpaired) electrons. The van der Waals surface area contributed by atoms with Gasteiger partial charge in [-0.15, -0.1) is 0 Å². The molecular formula is C19H22N2O3. The van der Waals surface area contributed by atoms with Gasteiger partial charge in [-0.25, -0.2) is 4.79 Å². The number of hydrogen-bond acceptors (Lipinski definition) is 3. The van der Waals surface area contributed by atoms with E-state index in [2.05, 4.69) is 5.32 Å². The van der Waals surface area contributed by atoms with E-state index in [-0.39, 0.29) is 11.9 Å². The van der Waals surface area contributed by atoms with Gasteiger partial charge in [0, 0.05) is 24.1 Å². The number of benzene rings is 1. The van der Waals surface area contributed by atoms with Crippen LogP contribution in [0.5, 0.6) is 0 Å². The van der Waals surface area contributed by atoms with Gasteiger partial charge in [0.15, 0.2) is 6.10 Å². The van der Waals surface area contributed by atoms with E-state index in [0.717, 1.165) is 31.4 Å². The fourth-order valence-corrected chi connectivity index (χ4v) is 2.97. The maximum Gasteiger partial charge on any atom is 0.338 e. The van der Waals surface area contributed by atoms with Crippen LogP contribution in [-0.2, 0) is 9.53 Å². The Kier molecular flexibility index (Phi) is 4.99. The number of carbonyl (C=O) groups is 2. The molecule has 1 aromatic carbocycles. The van der Waals surface area contributed by atoms with Gasteiger partial charge in [-0.1, -0.05) is 18.9 Å². The molecule has 24 heavy (non-hydrogen) atoms. The zero-order valence-corrected chi connectivity index (χ0v) is 13.8. The Labute approximate surface area is 141 Å². The summed E-state index contributed by atoms with van der Waals surface area (Å²) in [6, 6.07) is 11.2. The van der Waals surface area contributed by atoms with Crippen LogP contribution in [0.4, 0.5) is 0 Å². The van der Waals surface area contributed by atoms with Gasteiger partial charge >= 0.3 is 5.97 Å². The molecule has 126 valence electrons. The minimum atomic E-state index is -0.798. The molecular weight excluding hydrogens is 304 g/mol. The molecule has 1 N–H and O–H groups in total. The van der Waals surface area contributed by atoms with Crippen LogP contribution < -0.4 is 5.32 Å². The van der Waals surface area contributed by atoms with Crippen molar-refractivity contribution in [3.63, 3.8) is 0 Å². The number of carbonyl (C=O) groups excluding carboxylic acids is 2. The first kappa shape index (κ1) is 16.3. The number of aromatic nitrogens is 1. The second-order valence-corrected chi connectivity index (χ2v) is 6.18. The first-order chi connectivity index (χ1) is 11.6. The fourth-order valence-electron chi connectivity index (χ4n) is 2.97. The third-order valence-corrected chi connectivity index (χ3v) is 4.34. The first-order valence-corrected chi connectivity index (χ1v) is 8.38. The number of nitrogens with one attached hydrogen (secondary N) is 1. The maximum atomic E-state index is 12.3. The zero-order valence-electron chi connectivity index (χ0n) is 13.8. The second kappa shape index (κ2) is 7.34. The van der Waals surface area contributed by atoms with Crippen molar-refractivity contribution in [2.45, 2.75) is 44.8 Å². The Morgan fingerprint density at radius 2 is 1.88 bits per heavy atom. The van der Waals surface area contributed by atoms with Gasteiger partial charge < -0.3 is 14.6 Å². The molecule has 0 saturated heterocycles. The van der Waals surface area contributed by atoms with Gasteiger partial charge in [-0.3, -0.25) is 4.79 Å². The van der Waals surface area contributed by atoms with E-state index in [1.54, 1.807) is 25.1 Å². The minimum Gasteiger partial charge on any atom is -0.449 e. The molecule has 1 aromatic heterocycles. The topological polar surface area (TPSA) is 60.3 Å². The average molecular weight is 326 g/mol. The minimum absolute atomic E-state index is 0.218. The average Bonchev–Trinajstić information content (AvgIpc) is 3.28. The molecule has 1 unspecified atom stereocenters. The molecule has 5 heteroatoms. The van der Waals surface area contributed by atoms with E-state index in [1.807, 2.05) is 35.2 Å². The standard InChI is InChI=1S/C19H22N2O3/c1-14(18(22)20-16-8-2-3-9-16)24-19(23)15-7-6-10-17(13-15)21-11-4-5-12-21/h4-7,10-14,16H,2-3,8-9H2,1H3,(H,20,22). The monoisotopic (exact) mass is 326 g/mol. The van der Waals surface area contributed by atoms with Crippen molar-refractivity contribution in [2.75, 3.05) is 0 Å². The normalized spacial score (nSPS) is 15.9.